The number of hydrogen-bond donors (Lipinski definition) is 3. The van der Waals surface area contributed by atoms with Gasteiger partial charge in [-0.3, -0.25) is 11.5 Å². The lowest BCUT2D eigenvalue weighted by Gasteiger charge is -2.21. The fourth-order valence-electron chi connectivity index (χ4n) is 2.54. The van der Waals surface area contributed by atoms with Crippen molar-refractivity contribution in [1.29, 1.82) is 0 Å². The van der Waals surface area contributed by atoms with E-state index in [1.54, 1.807) is 0 Å². The molecule has 1 aliphatic heterocycles. The minimum absolute atomic E-state index is 0.0349. The van der Waals surface area contributed by atoms with Gasteiger partial charge < -0.3 is 20.4 Å². The van der Waals surface area contributed by atoms with E-state index in [4.69, 9.17) is 26.8 Å². The molecule has 130 valence electrons. The van der Waals surface area contributed by atoms with Crippen LogP contribution in [0.4, 0.5) is 0 Å². The third kappa shape index (κ3) is 4.09. The summed E-state index contributed by atoms with van der Waals surface area (Å²) in [6, 6.07) is 19.0. The molecule has 0 fully saturated rings. The lowest BCUT2D eigenvalue weighted by molar-refractivity contribution is -0.665. The molecule has 5 N–H and O–H groups in total. The van der Waals surface area contributed by atoms with Crippen molar-refractivity contribution in [2.75, 3.05) is 0 Å². The normalized spacial score (nSPS) is 18.8. The van der Waals surface area contributed by atoms with Crippen molar-refractivity contribution in [2.24, 2.45) is 16.6 Å². The topological polar surface area (TPSA) is 154 Å². The van der Waals surface area contributed by atoms with Crippen LogP contribution in [0, 0.1) is 15.3 Å². The Hall–Kier alpha value is -3.46. The molecule has 3 rings (SSSR count). The molecule has 1 unspecified atom stereocenters. The highest BCUT2D eigenvalue weighted by Gasteiger charge is 2.45. The van der Waals surface area contributed by atoms with Gasteiger partial charge in [-0.1, -0.05) is 60.7 Å². The summed E-state index contributed by atoms with van der Waals surface area (Å²) in [5.74, 6) is -0.0349. The van der Waals surface area contributed by atoms with Crippen molar-refractivity contribution in [3.63, 3.8) is 0 Å². The maximum Gasteiger partial charge on any atom is 0.368 e. The molecule has 0 amide bonds. The molecule has 0 saturated heterocycles. The van der Waals surface area contributed by atoms with Gasteiger partial charge in [0.1, 0.15) is 0 Å². The SMILES string of the molecule is NC(N)=[N+]1N=C(c2ccccc2)CC1(O)c1ccccc1.O=[N+]([O-])[O-]. The predicted octanol–water partition coefficient (Wildman–Crippen LogP) is 0.687. The number of aliphatic hydroxyl groups is 1. The van der Waals surface area contributed by atoms with Crippen molar-refractivity contribution in [2.45, 2.75) is 12.1 Å². The summed E-state index contributed by atoms with van der Waals surface area (Å²) < 4.78 is 1.28. The second kappa shape index (κ2) is 7.41. The zero-order chi connectivity index (χ0) is 18.4. The molecule has 1 atom stereocenters. The maximum absolute atomic E-state index is 11.1. The van der Waals surface area contributed by atoms with Gasteiger partial charge in [-0.2, -0.15) is 0 Å². The van der Waals surface area contributed by atoms with Crippen molar-refractivity contribution >= 4 is 11.7 Å². The largest absolute Gasteiger partial charge is 0.368 e. The third-order valence-corrected chi connectivity index (χ3v) is 3.57. The number of guanidine groups is 1. The Kier molecular flexibility index (Phi) is 5.30. The Morgan fingerprint density at radius 3 is 2.04 bits per heavy atom. The fraction of sp³-hybridized carbons (Fsp3) is 0.125. The van der Waals surface area contributed by atoms with Crippen LogP contribution < -0.4 is 11.5 Å². The van der Waals surface area contributed by atoms with Crippen LogP contribution in [0.25, 0.3) is 0 Å². The highest BCUT2D eigenvalue weighted by atomic mass is 16.9. The molecule has 2 aromatic rings. The van der Waals surface area contributed by atoms with Crippen LogP contribution in [0.2, 0.25) is 0 Å². The number of hydrazone groups is 1. The molecule has 2 aromatic carbocycles. The van der Waals surface area contributed by atoms with Crippen molar-refractivity contribution in [1.82, 2.24) is 0 Å². The minimum Gasteiger partial charge on any atom is -0.356 e. The number of hydrogen-bond acceptors (Lipinski definition) is 5. The Bertz CT molecular complexity index is 800. The van der Waals surface area contributed by atoms with Crippen molar-refractivity contribution in [3.05, 3.63) is 87.1 Å². The summed E-state index contributed by atoms with van der Waals surface area (Å²) in [6.07, 6.45) is 0.318. The molecule has 9 nitrogen and oxygen atoms in total. The van der Waals surface area contributed by atoms with E-state index in [9.17, 15) is 5.11 Å². The lowest BCUT2D eigenvalue weighted by atomic mass is 9.95. The van der Waals surface area contributed by atoms with Gasteiger partial charge in [0, 0.05) is 5.56 Å². The summed E-state index contributed by atoms with van der Waals surface area (Å²) in [7, 11) is 0. The molecule has 25 heavy (non-hydrogen) atoms. The zero-order valence-corrected chi connectivity index (χ0v) is 13.1. The number of nitrogens with zero attached hydrogens (tertiary/aromatic N) is 3. The molecule has 0 radical (unpaired) electrons. The molecule has 0 spiro atoms. The quantitative estimate of drug-likeness (QED) is 0.315. The van der Waals surface area contributed by atoms with Crippen LogP contribution in [0.1, 0.15) is 17.5 Å². The van der Waals surface area contributed by atoms with Crippen LogP contribution in [-0.2, 0) is 5.72 Å². The fourth-order valence-corrected chi connectivity index (χ4v) is 2.54. The number of rotatable bonds is 2. The second-order valence-electron chi connectivity index (χ2n) is 5.23. The zero-order valence-electron chi connectivity index (χ0n) is 13.1. The predicted molar refractivity (Wildman–Crippen MR) is 91.9 cm³/mol. The van der Waals surface area contributed by atoms with E-state index in [0.717, 1.165) is 11.3 Å². The van der Waals surface area contributed by atoms with E-state index in [1.165, 1.54) is 4.68 Å². The van der Waals surface area contributed by atoms with Gasteiger partial charge in [-0.15, -0.1) is 9.79 Å². The first kappa shape index (κ1) is 17.9. The summed E-state index contributed by atoms with van der Waals surface area (Å²) in [5.41, 5.74) is 12.4. The van der Waals surface area contributed by atoms with Gasteiger partial charge in [0.05, 0.1) is 17.2 Å². The smallest absolute Gasteiger partial charge is 0.356 e. The minimum atomic E-state index is -1.75. The van der Waals surface area contributed by atoms with Crippen LogP contribution in [0.3, 0.4) is 0 Å². The molecule has 1 aliphatic rings. The molecule has 0 aromatic heterocycles. The lowest BCUT2D eigenvalue weighted by Crippen LogP contribution is -2.43. The van der Waals surface area contributed by atoms with Crippen LogP contribution in [-0.4, -0.2) is 26.5 Å². The average Bonchev–Trinajstić information content (AvgIpc) is 2.95. The molecular formula is C16H17N5O4. The number of benzene rings is 2. The maximum atomic E-state index is 11.1. The van der Waals surface area contributed by atoms with E-state index in [-0.39, 0.29) is 5.96 Å². The average molecular weight is 343 g/mol. The van der Waals surface area contributed by atoms with Crippen LogP contribution in [0.5, 0.6) is 0 Å². The molecular weight excluding hydrogens is 326 g/mol. The van der Waals surface area contributed by atoms with Gasteiger partial charge in [0.15, 0.2) is 0 Å². The highest BCUT2D eigenvalue weighted by Crippen LogP contribution is 2.33. The van der Waals surface area contributed by atoms with E-state index < -0.39 is 10.8 Å². The van der Waals surface area contributed by atoms with Gasteiger partial charge in [0.25, 0.3) is 0 Å². The Labute approximate surface area is 143 Å². The monoisotopic (exact) mass is 343 g/mol. The number of nitrogens with two attached hydrogens (primary N) is 2. The van der Waals surface area contributed by atoms with Gasteiger partial charge in [-0.25, -0.2) is 0 Å². The third-order valence-electron chi connectivity index (χ3n) is 3.57. The highest BCUT2D eigenvalue weighted by molar-refractivity contribution is 6.01. The van der Waals surface area contributed by atoms with E-state index in [0.29, 0.717) is 12.0 Å². The summed E-state index contributed by atoms with van der Waals surface area (Å²) >= 11 is 0. The first-order chi connectivity index (χ1) is 11.8. The standard InChI is InChI=1S/C16H16N4O.NO3/c17-15(18)20-16(21,13-9-5-2-6-10-13)11-14(19-20)12-7-3-1-4-8-12;2-1(3)4/h1-10,21H,11H2,(H3,17,18);/q;-1/p+1. The Morgan fingerprint density at radius 2 is 1.56 bits per heavy atom. The van der Waals surface area contributed by atoms with Gasteiger partial charge in [-0.05, 0) is 5.56 Å². The molecule has 0 bridgehead atoms. The first-order valence-corrected chi connectivity index (χ1v) is 7.25. The second-order valence-corrected chi connectivity index (χ2v) is 5.23. The summed E-state index contributed by atoms with van der Waals surface area (Å²) in [6.45, 7) is 0. The summed E-state index contributed by atoms with van der Waals surface area (Å²) in [5, 5.41) is 30.2. The molecule has 1 heterocycles. The van der Waals surface area contributed by atoms with Gasteiger partial charge in [0.2, 0.25) is 5.72 Å². The summed E-state index contributed by atoms with van der Waals surface area (Å²) in [4.78, 5) is 8.25. The van der Waals surface area contributed by atoms with E-state index in [2.05, 4.69) is 5.10 Å². The Balaban J connectivity index is 0.000000511. The van der Waals surface area contributed by atoms with E-state index >= 15 is 0 Å². The first-order valence-electron chi connectivity index (χ1n) is 7.25. The van der Waals surface area contributed by atoms with Crippen molar-refractivity contribution < 1.29 is 14.9 Å². The van der Waals surface area contributed by atoms with E-state index in [1.807, 2.05) is 60.7 Å². The van der Waals surface area contributed by atoms with Crippen LogP contribution in [0.15, 0.2) is 65.8 Å². The van der Waals surface area contributed by atoms with Crippen LogP contribution >= 0.6 is 0 Å². The Morgan fingerprint density at radius 1 is 1.08 bits per heavy atom. The molecule has 0 aliphatic carbocycles. The molecule has 0 saturated carbocycles. The van der Waals surface area contributed by atoms with Crippen molar-refractivity contribution in [3.8, 4) is 0 Å². The van der Waals surface area contributed by atoms with Gasteiger partial charge >= 0.3 is 5.96 Å². The molecule has 9 heteroatoms.